The molecule has 13 nitrogen and oxygen atoms in total. The molecular formula is C27H46O13S. The number of aliphatic hydroxyl groups is 9. The number of aliphatic hydroxyl groups excluding tert-OH is 6. The van der Waals surface area contributed by atoms with Gasteiger partial charge in [-0.2, -0.15) is 8.42 Å². The SMILES string of the molecule is C=C(CO)C(O)CCC(C)C1CC(O)C2(O)C1(C)CCC1C3(C)CCC(O)C(O)C3(O)C(OS(=O)(=O)O)C(O)C12O. The van der Waals surface area contributed by atoms with E-state index in [-0.39, 0.29) is 56.6 Å². The smallest absolute Gasteiger partial charge is 0.392 e. The molecule has 0 heterocycles. The van der Waals surface area contributed by atoms with Gasteiger partial charge in [0.25, 0.3) is 0 Å². The Morgan fingerprint density at radius 2 is 1.56 bits per heavy atom. The Morgan fingerprint density at radius 1 is 0.976 bits per heavy atom. The number of fused-ring (bicyclic) bond motifs is 5. The summed E-state index contributed by atoms with van der Waals surface area (Å²) in [7, 11) is -5.41. The lowest BCUT2D eigenvalue weighted by molar-refractivity contribution is -0.397. The average Bonchev–Trinajstić information content (AvgIpc) is 3.11. The van der Waals surface area contributed by atoms with Gasteiger partial charge >= 0.3 is 10.4 Å². The van der Waals surface area contributed by atoms with E-state index in [4.69, 9.17) is 4.18 Å². The summed E-state index contributed by atoms with van der Waals surface area (Å²) in [6, 6.07) is 0. The van der Waals surface area contributed by atoms with Gasteiger partial charge in [0, 0.05) is 16.7 Å². The van der Waals surface area contributed by atoms with Crippen molar-refractivity contribution in [2.24, 2.45) is 28.6 Å². The molecule has 4 aliphatic carbocycles. The summed E-state index contributed by atoms with van der Waals surface area (Å²) < 4.78 is 38.2. The molecule has 4 fully saturated rings. The molecular weight excluding hydrogens is 564 g/mol. The molecule has 10 N–H and O–H groups in total. The minimum atomic E-state index is -5.41. The lowest BCUT2D eigenvalue weighted by Gasteiger charge is -2.72. The highest BCUT2D eigenvalue weighted by molar-refractivity contribution is 7.80. The van der Waals surface area contributed by atoms with Crippen molar-refractivity contribution >= 4 is 10.4 Å². The van der Waals surface area contributed by atoms with Crippen LogP contribution in [-0.4, -0.2) is 119 Å². The predicted molar refractivity (Wildman–Crippen MR) is 142 cm³/mol. The molecule has 0 aromatic heterocycles. The normalized spacial score (nSPS) is 51.3. The molecule has 0 amide bonds. The van der Waals surface area contributed by atoms with Crippen molar-refractivity contribution in [2.75, 3.05) is 6.61 Å². The molecule has 14 heteroatoms. The lowest BCUT2D eigenvalue weighted by Crippen LogP contribution is -2.88. The van der Waals surface area contributed by atoms with Crippen LogP contribution in [-0.2, 0) is 14.6 Å². The van der Waals surface area contributed by atoms with Crippen LogP contribution in [0.4, 0.5) is 0 Å². The van der Waals surface area contributed by atoms with Gasteiger partial charge in [0.15, 0.2) is 0 Å². The summed E-state index contributed by atoms with van der Waals surface area (Å²) in [4.78, 5) is 0. The number of rotatable bonds is 8. The standard InChI is InChI=1S/C27H46O13S/c1-13(5-6-16(29)14(2)12-28)15-11-19(31)27(36)23(15,3)10-8-18-24(4)9-7-17(30)20(32)26(24,35)22(40-41(37,38)39)21(33)25(18,27)34/h13,15-22,28-36H,2,5-12H2,1,3-4H3,(H,37,38,39). The first-order valence-electron chi connectivity index (χ1n) is 14.2. The molecule has 4 aliphatic rings. The van der Waals surface area contributed by atoms with E-state index in [1.165, 1.54) is 6.92 Å². The van der Waals surface area contributed by atoms with Gasteiger partial charge in [-0.15, -0.1) is 0 Å². The third-order valence-electron chi connectivity index (χ3n) is 11.9. The van der Waals surface area contributed by atoms with Crippen LogP contribution < -0.4 is 0 Å². The molecule has 41 heavy (non-hydrogen) atoms. The summed E-state index contributed by atoms with van der Waals surface area (Å²) in [5.41, 5.74) is -10.5. The molecule has 238 valence electrons. The third-order valence-corrected chi connectivity index (χ3v) is 12.3. The molecule has 4 rings (SSSR count). The summed E-state index contributed by atoms with van der Waals surface area (Å²) in [5, 5.41) is 101. The van der Waals surface area contributed by atoms with Crippen LogP contribution in [0.15, 0.2) is 12.2 Å². The van der Waals surface area contributed by atoms with E-state index in [0.29, 0.717) is 6.42 Å². The van der Waals surface area contributed by atoms with E-state index in [2.05, 4.69) is 6.58 Å². The van der Waals surface area contributed by atoms with Gasteiger partial charge in [-0.3, -0.25) is 4.55 Å². The topological polar surface area (TPSA) is 246 Å². The van der Waals surface area contributed by atoms with Gasteiger partial charge in [0.05, 0.1) is 24.9 Å². The quantitative estimate of drug-likeness (QED) is 0.110. The molecule has 0 radical (unpaired) electrons. The minimum absolute atomic E-state index is 0.0148. The Kier molecular flexibility index (Phi) is 8.42. The van der Waals surface area contributed by atoms with Crippen molar-refractivity contribution in [3.63, 3.8) is 0 Å². The van der Waals surface area contributed by atoms with E-state index >= 15 is 0 Å². The number of hydrogen-bond donors (Lipinski definition) is 10. The highest BCUT2D eigenvalue weighted by Crippen LogP contribution is 2.72. The highest BCUT2D eigenvalue weighted by atomic mass is 32.3. The lowest BCUT2D eigenvalue weighted by atomic mass is 9.38. The van der Waals surface area contributed by atoms with Crippen molar-refractivity contribution in [3.8, 4) is 0 Å². The van der Waals surface area contributed by atoms with E-state index in [9.17, 15) is 58.9 Å². The van der Waals surface area contributed by atoms with Crippen molar-refractivity contribution in [1.82, 2.24) is 0 Å². The van der Waals surface area contributed by atoms with Gasteiger partial charge in [0.1, 0.15) is 35.1 Å². The second-order valence-corrected chi connectivity index (χ2v) is 14.6. The molecule has 0 saturated heterocycles. The summed E-state index contributed by atoms with van der Waals surface area (Å²) in [6.45, 7) is 8.21. The van der Waals surface area contributed by atoms with E-state index < -0.39 is 86.5 Å². The Morgan fingerprint density at radius 3 is 2.12 bits per heavy atom. The maximum atomic E-state index is 12.5. The first kappa shape index (κ1) is 33.1. The minimum Gasteiger partial charge on any atom is -0.392 e. The largest absolute Gasteiger partial charge is 0.397 e. The first-order valence-corrected chi connectivity index (χ1v) is 15.6. The van der Waals surface area contributed by atoms with Crippen LogP contribution in [0, 0.1) is 28.6 Å². The van der Waals surface area contributed by atoms with E-state index in [1.54, 1.807) is 6.92 Å². The van der Waals surface area contributed by atoms with Crippen LogP contribution in [0.25, 0.3) is 0 Å². The second kappa shape index (κ2) is 10.4. The zero-order valence-corrected chi connectivity index (χ0v) is 24.5. The highest BCUT2D eigenvalue weighted by Gasteiger charge is 2.84. The maximum absolute atomic E-state index is 12.5. The monoisotopic (exact) mass is 610 g/mol. The Hall–Kier alpha value is -0.750. The van der Waals surface area contributed by atoms with Crippen LogP contribution in [0.1, 0.15) is 65.7 Å². The van der Waals surface area contributed by atoms with Gasteiger partial charge in [-0.25, -0.2) is 4.18 Å². The Labute approximate surface area is 240 Å². The molecule has 0 aromatic rings. The molecule has 14 unspecified atom stereocenters. The molecule has 0 aliphatic heterocycles. The molecule has 14 atom stereocenters. The van der Waals surface area contributed by atoms with Gasteiger partial charge < -0.3 is 46.0 Å². The van der Waals surface area contributed by atoms with Crippen molar-refractivity contribution in [3.05, 3.63) is 12.2 Å². The third kappa shape index (κ3) is 4.32. The predicted octanol–water partition coefficient (Wildman–Crippen LogP) is -1.61. The maximum Gasteiger partial charge on any atom is 0.397 e. The molecule has 0 aromatic carbocycles. The van der Waals surface area contributed by atoms with Gasteiger partial charge in [0.2, 0.25) is 0 Å². The first-order chi connectivity index (χ1) is 18.7. The Bertz CT molecular complexity index is 1130. The van der Waals surface area contributed by atoms with Crippen LogP contribution in [0.2, 0.25) is 0 Å². The zero-order valence-electron chi connectivity index (χ0n) is 23.7. The summed E-state index contributed by atoms with van der Waals surface area (Å²) >= 11 is 0. The average molecular weight is 611 g/mol. The van der Waals surface area contributed by atoms with Crippen LogP contribution >= 0.6 is 0 Å². The van der Waals surface area contributed by atoms with Crippen molar-refractivity contribution in [2.45, 2.75) is 119 Å². The fourth-order valence-electron chi connectivity index (χ4n) is 9.50. The molecule has 4 saturated carbocycles. The second-order valence-electron chi connectivity index (χ2n) is 13.5. The number of hydrogen-bond acceptors (Lipinski definition) is 12. The fraction of sp³-hybridized carbons (Fsp3) is 0.926. The van der Waals surface area contributed by atoms with Gasteiger partial charge in [-0.1, -0.05) is 27.4 Å². The Balaban J connectivity index is 1.81. The fourth-order valence-corrected chi connectivity index (χ4v) is 10.0. The summed E-state index contributed by atoms with van der Waals surface area (Å²) in [6.07, 6.45) is -10.3. The molecule has 0 spiro atoms. The van der Waals surface area contributed by atoms with Crippen molar-refractivity contribution in [1.29, 1.82) is 0 Å². The van der Waals surface area contributed by atoms with E-state index in [1.807, 2.05) is 6.92 Å². The van der Waals surface area contributed by atoms with Gasteiger partial charge in [-0.05, 0) is 62.4 Å². The van der Waals surface area contributed by atoms with E-state index in [0.717, 1.165) is 0 Å². The molecule has 0 bridgehead atoms. The summed E-state index contributed by atoms with van der Waals surface area (Å²) in [5.74, 6) is -1.91. The van der Waals surface area contributed by atoms with Crippen LogP contribution in [0.3, 0.4) is 0 Å². The van der Waals surface area contributed by atoms with Crippen LogP contribution in [0.5, 0.6) is 0 Å². The zero-order chi connectivity index (χ0) is 31.1. The van der Waals surface area contributed by atoms with Crippen molar-refractivity contribution < 1.29 is 63.1 Å².